The molecule has 150 valence electrons. The molecule has 0 spiro atoms. The molecule has 0 aliphatic heterocycles. The van der Waals surface area contributed by atoms with Crippen LogP contribution in [0.2, 0.25) is 5.02 Å². The highest BCUT2D eigenvalue weighted by atomic mass is 35.5. The van der Waals surface area contributed by atoms with Crippen LogP contribution in [0.3, 0.4) is 0 Å². The molecule has 0 bridgehead atoms. The van der Waals surface area contributed by atoms with Gasteiger partial charge in [0.05, 0.1) is 4.90 Å². The maximum Gasteiger partial charge on any atom is 0.242 e. The van der Waals surface area contributed by atoms with Crippen molar-refractivity contribution in [1.82, 2.24) is 4.72 Å². The maximum absolute atomic E-state index is 13.0. The zero-order chi connectivity index (χ0) is 20.9. The number of carbonyl (C=O) groups excluding carboxylic acids is 1. The van der Waals surface area contributed by atoms with E-state index in [0.717, 1.165) is 11.1 Å². The topological polar surface area (TPSA) is 75.3 Å². The van der Waals surface area contributed by atoms with Crippen molar-refractivity contribution in [2.45, 2.75) is 24.3 Å². The van der Waals surface area contributed by atoms with Gasteiger partial charge in [0, 0.05) is 10.7 Å². The van der Waals surface area contributed by atoms with Crippen LogP contribution in [0.15, 0.2) is 83.8 Å². The molecule has 5 nitrogen and oxygen atoms in total. The van der Waals surface area contributed by atoms with Gasteiger partial charge in [-0.2, -0.15) is 4.72 Å². The number of nitrogens with one attached hydrogen (secondary N) is 2. The second-order valence-corrected chi connectivity index (χ2v) is 8.78. The summed E-state index contributed by atoms with van der Waals surface area (Å²) in [5.41, 5.74) is 2.21. The van der Waals surface area contributed by atoms with Gasteiger partial charge in [-0.05, 0) is 54.8 Å². The van der Waals surface area contributed by atoms with Crippen LogP contribution in [0.25, 0.3) is 0 Å². The van der Waals surface area contributed by atoms with E-state index in [9.17, 15) is 13.2 Å². The van der Waals surface area contributed by atoms with Gasteiger partial charge >= 0.3 is 0 Å². The van der Waals surface area contributed by atoms with Crippen LogP contribution in [0, 0.1) is 6.92 Å². The van der Waals surface area contributed by atoms with Crippen molar-refractivity contribution in [3.8, 4) is 0 Å². The van der Waals surface area contributed by atoms with E-state index in [1.54, 1.807) is 36.4 Å². The van der Waals surface area contributed by atoms with Gasteiger partial charge in [-0.25, -0.2) is 8.42 Å². The van der Waals surface area contributed by atoms with E-state index in [2.05, 4.69) is 10.0 Å². The number of halogens is 1. The molecule has 3 aromatic carbocycles. The van der Waals surface area contributed by atoms with Gasteiger partial charge in [0.15, 0.2) is 0 Å². The molecule has 0 unspecified atom stereocenters. The van der Waals surface area contributed by atoms with Gasteiger partial charge in [0.2, 0.25) is 15.9 Å². The highest BCUT2D eigenvalue weighted by Gasteiger charge is 2.26. The van der Waals surface area contributed by atoms with Crippen LogP contribution in [0.5, 0.6) is 0 Å². The molecule has 1 atom stereocenters. The summed E-state index contributed by atoms with van der Waals surface area (Å²) in [4.78, 5) is 13.1. The fourth-order valence-electron chi connectivity index (χ4n) is 2.88. The van der Waals surface area contributed by atoms with Crippen molar-refractivity contribution in [3.63, 3.8) is 0 Å². The summed E-state index contributed by atoms with van der Waals surface area (Å²) in [5, 5.41) is 3.37. The first kappa shape index (κ1) is 21.0. The van der Waals surface area contributed by atoms with Crippen molar-refractivity contribution < 1.29 is 13.2 Å². The number of hydrogen-bond donors (Lipinski definition) is 2. The lowest BCUT2D eigenvalue weighted by Gasteiger charge is -2.19. The summed E-state index contributed by atoms with van der Waals surface area (Å²) in [6.45, 7) is 1.82. The zero-order valence-electron chi connectivity index (χ0n) is 15.8. The Kier molecular flexibility index (Phi) is 6.69. The first-order chi connectivity index (χ1) is 13.8. The van der Waals surface area contributed by atoms with Gasteiger partial charge in [0.1, 0.15) is 6.04 Å². The summed E-state index contributed by atoms with van der Waals surface area (Å²) >= 11 is 5.97. The molecule has 7 heteroatoms. The Hall–Kier alpha value is -2.67. The quantitative estimate of drug-likeness (QED) is 0.592. The number of amides is 1. The fraction of sp³-hybridized carbons (Fsp3) is 0.136. The largest absolute Gasteiger partial charge is 0.324 e. The average Bonchev–Trinajstić information content (AvgIpc) is 2.71. The number of rotatable bonds is 7. The molecule has 0 radical (unpaired) electrons. The number of hydrogen-bond acceptors (Lipinski definition) is 3. The minimum atomic E-state index is -3.87. The number of carbonyl (C=O) groups is 1. The summed E-state index contributed by atoms with van der Waals surface area (Å²) in [5.74, 6) is -0.446. The van der Waals surface area contributed by atoms with Crippen LogP contribution in [-0.4, -0.2) is 20.4 Å². The van der Waals surface area contributed by atoms with Crippen LogP contribution in [-0.2, 0) is 21.2 Å². The highest BCUT2D eigenvalue weighted by molar-refractivity contribution is 7.89. The monoisotopic (exact) mass is 428 g/mol. The van der Waals surface area contributed by atoms with Crippen LogP contribution in [0.4, 0.5) is 5.69 Å². The minimum Gasteiger partial charge on any atom is -0.324 e. The van der Waals surface area contributed by atoms with E-state index in [0.29, 0.717) is 10.7 Å². The van der Waals surface area contributed by atoms with Crippen LogP contribution in [0.1, 0.15) is 11.1 Å². The third-order valence-electron chi connectivity index (χ3n) is 4.40. The molecular weight excluding hydrogens is 408 g/mol. The molecule has 3 rings (SSSR count). The van der Waals surface area contributed by atoms with Gasteiger partial charge in [-0.3, -0.25) is 4.79 Å². The predicted octanol–water partition coefficient (Wildman–Crippen LogP) is 4.18. The van der Waals surface area contributed by atoms with E-state index < -0.39 is 22.0 Å². The van der Waals surface area contributed by atoms with Crippen molar-refractivity contribution in [2.75, 3.05) is 5.32 Å². The first-order valence-corrected chi connectivity index (χ1v) is 10.9. The summed E-state index contributed by atoms with van der Waals surface area (Å²) in [6, 6.07) is 21.4. The lowest BCUT2D eigenvalue weighted by molar-refractivity contribution is -0.117. The lowest BCUT2D eigenvalue weighted by Crippen LogP contribution is -2.45. The van der Waals surface area contributed by atoms with Crippen molar-refractivity contribution in [3.05, 3.63) is 95.0 Å². The molecule has 0 heterocycles. The number of aryl methyl sites for hydroxylation is 1. The highest BCUT2D eigenvalue weighted by Crippen LogP contribution is 2.20. The van der Waals surface area contributed by atoms with E-state index in [-0.39, 0.29) is 11.3 Å². The van der Waals surface area contributed by atoms with Crippen molar-refractivity contribution >= 4 is 33.2 Å². The molecule has 1 amide bonds. The molecule has 0 aromatic heterocycles. The Balaban J connectivity index is 1.87. The van der Waals surface area contributed by atoms with Gasteiger partial charge in [-0.15, -0.1) is 0 Å². The minimum absolute atomic E-state index is 0.105. The molecule has 0 aliphatic rings. The van der Waals surface area contributed by atoms with Gasteiger partial charge in [-0.1, -0.05) is 60.1 Å². The van der Waals surface area contributed by atoms with E-state index in [1.807, 2.05) is 37.3 Å². The summed E-state index contributed by atoms with van der Waals surface area (Å²) < 4.78 is 28.1. The standard InChI is InChI=1S/C22H21ClN2O3S/c1-16-14-18(23)12-13-20(16)24-22(26)21(15-17-8-4-2-5-9-17)25-29(27,28)19-10-6-3-7-11-19/h2-14,21,25H,15H2,1H3,(H,24,26)/t21-/m1/s1. The molecule has 0 aliphatic carbocycles. The van der Waals surface area contributed by atoms with E-state index >= 15 is 0 Å². The van der Waals surface area contributed by atoms with Crippen molar-refractivity contribution in [1.29, 1.82) is 0 Å². The van der Waals surface area contributed by atoms with Crippen LogP contribution < -0.4 is 10.0 Å². The SMILES string of the molecule is Cc1cc(Cl)ccc1NC(=O)[C@@H](Cc1ccccc1)NS(=O)(=O)c1ccccc1. The first-order valence-electron chi connectivity index (χ1n) is 9.03. The molecule has 29 heavy (non-hydrogen) atoms. The lowest BCUT2D eigenvalue weighted by atomic mass is 10.1. The van der Waals surface area contributed by atoms with Gasteiger partial charge < -0.3 is 5.32 Å². The average molecular weight is 429 g/mol. The Morgan fingerprint density at radius 2 is 1.59 bits per heavy atom. The third kappa shape index (κ3) is 5.67. The fourth-order valence-corrected chi connectivity index (χ4v) is 4.32. The molecule has 2 N–H and O–H groups in total. The predicted molar refractivity (Wildman–Crippen MR) is 116 cm³/mol. The van der Waals surface area contributed by atoms with E-state index in [1.165, 1.54) is 12.1 Å². The Morgan fingerprint density at radius 3 is 2.21 bits per heavy atom. The normalized spacial score (nSPS) is 12.3. The second kappa shape index (κ2) is 9.22. The van der Waals surface area contributed by atoms with Crippen LogP contribution >= 0.6 is 11.6 Å². The number of sulfonamides is 1. The maximum atomic E-state index is 13.0. The smallest absolute Gasteiger partial charge is 0.242 e. The van der Waals surface area contributed by atoms with Gasteiger partial charge in [0.25, 0.3) is 0 Å². The molecule has 3 aromatic rings. The second-order valence-electron chi connectivity index (χ2n) is 6.63. The Bertz CT molecular complexity index is 1090. The Labute approximate surface area is 175 Å². The molecule has 0 saturated heterocycles. The number of anilines is 1. The zero-order valence-corrected chi connectivity index (χ0v) is 17.4. The van der Waals surface area contributed by atoms with E-state index in [4.69, 9.17) is 11.6 Å². The third-order valence-corrected chi connectivity index (χ3v) is 6.12. The van der Waals surface area contributed by atoms with Crippen molar-refractivity contribution in [2.24, 2.45) is 0 Å². The Morgan fingerprint density at radius 1 is 0.966 bits per heavy atom. The molecular formula is C22H21ClN2O3S. The molecule has 0 fully saturated rings. The summed E-state index contributed by atoms with van der Waals surface area (Å²) in [6.07, 6.45) is 0.214. The molecule has 0 saturated carbocycles. The summed E-state index contributed by atoms with van der Waals surface area (Å²) in [7, 11) is -3.87. The number of benzene rings is 3.